The number of amides is 1. The second-order valence-corrected chi connectivity index (χ2v) is 6.93. The molecule has 1 aromatic rings. The summed E-state index contributed by atoms with van der Waals surface area (Å²) in [7, 11) is -0.786. The van der Waals surface area contributed by atoms with E-state index in [-0.39, 0.29) is 28.9 Å². The van der Waals surface area contributed by atoms with E-state index in [1.165, 1.54) is 6.07 Å². The highest BCUT2D eigenvalue weighted by atomic mass is 32.2. The summed E-state index contributed by atoms with van der Waals surface area (Å²) in [6.07, 6.45) is 0.271. The summed E-state index contributed by atoms with van der Waals surface area (Å²) in [5.74, 6) is -0.648. The van der Waals surface area contributed by atoms with Crippen molar-refractivity contribution in [2.45, 2.75) is 25.2 Å². The Kier molecular flexibility index (Phi) is 6.28. The Hall–Kier alpha value is -1.93. The molecule has 0 bridgehead atoms. The molecule has 23 heavy (non-hydrogen) atoms. The number of carbonyl (C=O) groups excluding carboxylic acids is 2. The number of hydrogen-bond acceptors (Lipinski definition) is 5. The minimum atomic E-state index is -4.00. The van der Waals surface area contributed by atoms with Crippen molar-refractivity contribution in [2.24, 2.45) is 11.1 Å². The maximum atomic E-state index is 11.9. The molecule has 1 aromatic carbocycles. The average molecular weight is 341 g/mol. The van der Waals surface area contributed by atoms with Crippen molar-refractivity contribution in [1.82, 2.24) is 5.32 Å². The Morgan fingerprint density at radius 2 is 1.96 bits per heavy atom. The van der Waals surface area contributed by atoms with Crippen LogP contribution < -0.4 is 15.4 Å². The summed E-state index contributed by atoms with van der Waals surface area (Å²) in [4.78, 5) is 24.9. The fraction of sp³-hybridized carbons (Fsp3) is 0.467. The Balaban J connectivity index is 3.25. The van der Waals surface area contributed by atoms with Gasteiger partial charge in [-0.2, -0.15) is 0 Å². The standard InChI is InChI=1S/C15H23N3O4S/c1-5-13(19)11-6-7-12(14(8-11)23(16,21)22)18(4)9-10(2)15(20)17-3/h6-8,10H,5,9H2,1-4H3,(H,17,20)(H2,16,21,22). The van der Waals surface area contributed by atoms with Crippen LogP contribution in [0.5, 0.6) is 0 Å². The highest BCUT2D eigenvalue weighted by Gasteiger charge is 2.21. The molecule has 1 amide bonds. The molecule has 128 valence electrons. The van der Waals surface area contributed by atoms with E-state index in [9.17, 15) is 18.0 Å². The van der Waals surface area contributed by atoms with Gasteiger partial charge < -0.3 is 10.2 Å². The zero-order valence-electron chi connectivity index (χ0n) is 13.8. The molecule has 3 N–H and O–H groups in total. The van der Waals surface area contributed by atoms with E-state index in [1.807, 2.05) is 0 Å². The second-order valence-electron chi connectivity index (χ2n) is 5.40. The van der Waals surface area contributed by atoms with Gasteiger partial charge in [0.15, 0.2) is 5.78 Å². The molecule has 0 spiro atoms. The molecule has 1 unspecified atom stereocenters. The highest BCUT2D eigenvalue weighted by Crippen LogP contribution is 2.26. The molecule has 7 nitrogen and oxygen atoms in total. The number of nitrogens with zero attached hydrogens (tertiary/aromatic N) is 1. The van der Waals surface area contributed by atoms with Crippen molar-refractivity contribution in [3.05, 3.63) is 23.8 Å². The normalized spacial score (nSPS) is 12.6. The van der Waals surface area contributed by atoms with Gasteiger partial charge >= 0.3 is 0 Å². The van der Waals surface area contributed by atoms with Gasteiger partial charge in [0.25, 0.3) is 0 Å². The minimum absolute atomic E-state index is 0.122. The molecule has 0 aliphatic carbocycles. The summed E-state index contributed by atoms with van der Waals surface area (Å²) < 4.78 is 23.7. The Bertz CT molecular complexity index is 701. The van der Waals surface area contributed by atoms with Gasteiger partial charge in [0.05, 0.1) is 11.6 Å². The summed E-state index contributed by atoms with van der Waals surface area (Å²) in [6.45, 7) is 3.74. The molecule has 1 atom stereocenters. The Labute approximate surface area is 136 Å². The average Bonchev–Trinajstić information content (AvgIpc) is 2.51. The van der Waals surface area contributed by atoms with Crippen LogP contribution in [-0.4, -0.2) is 40.7 Å². The van der Waals surface area contributed by atoms with Gasteiger partial charge in [-0.1, -0.05) is 13.8 Å². The molecule has 8 heteroatoms. The van der Waals surface area contributed by atoms with Crippen LogP contribution in [0.2, 0.25) is 0 Å². The van der Waals surface area contributed by atoms with E-state index in [0.717, 1.165) is 0 Å². The van der Waals surface area contributed by atoms with Crippen molar-refractivity contribution < 1.29 is 18.0 Å². The smallest absolute Gasteiger partial charge is 0.240 e. The molecule has 1 rings (SSSR count). The molecular weight excluding hydrogens is 318 g/mol. The van der Waals surface area contributed by atoms with Gasteiger partial charge in [-0.25, -0.2) is 13.6 Å². The van der Waals surface area contributed by atoms with Crippen LogP contribution in [0.25, 0.3) is 0 Å². The van der Waals surface area contributed by atoms with Crippen LogP contribution in [0.4, 0.5) is 5.69 Å². The van der Waals surface area contributed by atoms with Crippen LogP contribution in [0.15, 0.2) is 23.1 Å². The second kappa shape index (κ2) is 7.56. The van der Waals surface area contributed by atoms with E-state index in [0.29, 0.717) is 17.8 Å². The lowest BCUT2D eigenvalue weighted by Gasteiger charge is -2.24. The molecule has 0 aliphatic heterocycles. The van der Waals surface area contributed by atoms with Crippen LogP contribution in [0.3, 0.4) is 0 Å². The number of anilines is 1. The SMILES string of the molecule is CCC(=O)c1ccc(N(C)CC(C)C(=O)NC)c(S(N)(=O)=O)c1. The number of hydrogen-bond donors (Lipinski definition) is 2. The zero-order valence-corrected chi connectivity index (χ0v) is 14.6. The van der Waals surface area contributed by atoms with Crippen LogP contribution in [0, 0.1) is 5.92 Å². The van der Waals surface area contributed by atoms with E-state index in [2.05, 4.69) is 5.32 Å². The van der Waals surface area contributed by atoms with Crippen molar-refractivity contribution in [2.75, 3.05) is 25.5 Å². The summed E-state index contributed by atoms with van der Waals surface area (Å²) >= 11 is 0. The minimum Gasteiger partial charge on any atom is -0.373 e. The largest absolute Gasteiger partial charge is 0.373 e. The molecule has 0 heterocycles. The molecular formula is C15H23N3O4S. The lowest BCUT2D eigenvalue weighted by molar-refractivity contribution is -0.123. The van der Waals surface area contributed by atoms with Crippen molar-refractivity contribution in [1.29, 1.82) is 0 Å². The maximum Gasteiger partial charge on any atom is 0.240 e. The molecule has 0 saturated carbocycles. The first kappa shape index (κ1) is 19.1. The fourth-order valence-electron chi connectivity index (χ4n) is 2.27. The third kappa shape index (κ3) is 4.77. The third-order valence-corrected chi connectivity index (χ3v) is 4.50. The van der Waals surface area contributed by atoms with Crippen LogP contribution in [-0.2, 0) is 14.8 Å². The molecule has 0 fully saturated rings. The first-order valence-corrected chi connectivity index (χ1v) is 8.79. The quantitative estimate of drug-likeness (QED) is 0.711. The third-order valence-electron chi connectivity index (χ3n) is 3.56. The molecule has 0 aliphatic rings. The Morgan fingerprint density at radius 3 is 2.43 bits per heavy atom. The predicted molar refractivity (Wildman–Crippen MR) is 88.9 cm³/mol. The summed E-state index contributed by atoms with van der Waals surface area (Å²) in [5, 5.41) is 7.82. The topological polar surface area (TPSA) is 110 Å². The number of ketones is 1. The van der Waals surface area contributed by atoms with Crippen molar-refractivity contribution in [3.8, 4) is 0 Å². The zero-order chi connectivity index (χ0) is 17.8. The van der Waals surface area contributed by atoms with Crippen molar-refractivity contribution >= 4 is 27.4 Å². The maximum absolute atomic E-state index is 11.9. The van der Waals surface area contributed by atoms with Gasteiger partial charge in [0.2, 0.25) is 15.9 Å². The number of nitrogens with two attached hydrogens (primary N) is 1. The van der Waals surface area contributed by atoms with E-state index in [4.69, 9.17) is 5.14 Å². The van der Waals surface area contributed by atoms with Gasteiger partial charge in [-0.3, -0.25) is 9.59 Å². The molecule has 0 aromatic heterocycles. The first-order chi connectivity index (χ1) is 10.6. The summed E-state index contributed by atoms with van der Waals surface area (Å²) in [5.41, 5.74) is 0.656. The van der Waals surface area contributed by atoms with Crippen LogP contribution >= 0.6 is 0 Å². The van der Waals surface area contributed by atoms with Gasteiger partial charge in [-0.15, -0.1) is 0 Å². The highest BCUT2D eigenvalue weighted by molar-refractivity contribution is 7.89. The fourth-order valence-corrected chi connectivity index (χ4v) is 3.08. The van der Waals surface area contributed by atoms with Crippen LogP contribution in [0.1, 0.15) is 30.6 Å². The molecule has 0 radical (unpaired) electrons. The first-order valence-electron chi connectivity index (χ1n) is 7.24. The monoisotopic (exact) mass is 341 g/mol. The summed E-state index contributed by atoms with van der Waals surface area (Å²) in [6, 6.07) is 4.40. The van der Waals surface area contributed by atoms with Crippen molar-refractivity contribution in [3.63, 3.8) is 0 Å². The lowest BCUT2D eigenvalue weighted by Crippen LogP contribution is -2.35. The van der Waals surface area contributed by atoms with E-state index in [1.54, 1.807) is 45.0 Å². The number of benzene rings is 1. The number of carbonyl (C=O) groups is 2. The number of sulfonamides is 1. The van der Waals surface area contributed by atoms with Gasteiger partial charge in [-0.05, 0) is 18.2 Å². The molecule has 0 saturated heterocycles. The number of Topliss-reactive ketones (excluding diaryl/α,β-unsaturated/α-hetero) is 1. The van der Waals surface area contributed by atoms with Gasteiger partial charge in [0, 0.05) is 32.6 Å². The lowest BCUT2D eigenvalue weighted by atomic mass is 10.1. The van der Waals surface area contributed by atoms with E-state index >= 15 is 0 Å². The number of rotatable bonds is 7. The number of primary sulfonamides is 1. The predicted octanol–water partition coefficient (Wildman–Crippen LogP) is 0.745. The van der Waals surface area contributed by atoms with E-state index < -0.39 is 10.0 Å². The Morgan fingerprint density at radius 1 is 1.35 bits per heavy atom. The van der Waals surface area contributed by atoms with Gasteiger partial charge in [0.1, 0.15) is 4.90 Å². The number of nitrogens with one attached hydrogen (secondary N) is 1.